The smallest absolute Gasteiger partial charge is 0.213 e. The Morgan fingerprint density at radius 3 is 1.33 bits per heavy atom. The summed E-state index contributed by atoms with van der Waals surface area (Å²) in [5.74, 6) is -7.85. The molecule has 72 valence electrons. The Labute approximate surface area is 90.7 Å². The number of allylic oxidation sites excluding steroid dienone is 1. The Morgan fingerprint density at radius 1 is 0.917 bits per heavy atom. The van der Waals surface area contributed by atoms with Crippen LogP contribution in [-0.4, -0.2) is 7.60 Å². The van der Waals surface area contributed by atoms with Crippen LogP contribution in [0.5, 0.6) is 0 Å². The fourth-order valence-electron chi connectivity index (χ4n) is 0.243. The van der Waals surface area contributed by atoms with Gasteiger partial charge in [0.05, 0.1) is 0 Å². The molecule has 0 aliphatic rings. The highest BCUT2D eigenvalue weighted by atomic mass is 127. The Hall–Kier alpha value is 0.780. The molecule has 0 bridgehead atoms. The summed E-state index contributed by atoms with van der Waals surface area (Å²) >= 11 is 1.06. The largest absolute Gasteiger partial charge is 0.355 e. The van der Waals surface area contributed by atoms with Gasteiger partial charge >= 0.3 is 12.0 Å². The highest BCUT2D eigenvalue weighted by molar-refractivity contribution is 14.2. The molecule has 0 fully saturated rings. The van der Waals surface area contributed by atoms with E-state index in [0.717, 1.165) is 0 Å². The van der Waals surface area contributed by atoms with Crippen LogP contribution in [0.1, 0.15) is 0 Å². The minimum Gasteiger partial charge on any atom is -0.213 e. The summed E-state index contributed by atoms with van der Waals surface area (Å²) in [7, 11) is 0. The van der Waals surface area contributed by atoms with Crippen molar-refractivity contribution >= 4 is 45.2 Å². The molecule has 0 N–H and O–H groups in total. The molecule has 0 nitrogen and oxygen atoms in total. The second kappa shape index (κ2) is 3.88. The zero-order chi connectivity index (χ0) is 10.2. The van der Waals surface area contributed by atoms with Gasteiger partial charge in [-0.25, -0.2) is 4.39 Å². The zero-order valence-corrected chi connectivity index (χ0v) is 9.34. The number of hydrogen-bond acceptors (Lipinski definition) is 0. The van der Waals surface area contributed by atoms with Crippen molar-refractivity contribution < 1.29 is 26.3 Å². The topological polar surface area (TPSA) is 0 Å². The first-order valence-electron chi connectivity index (χ1n) is 2.26. The van der Waals surface area contributed by atoms with Crippen LogP contribution >= 0.6 is 45.2 Å². The summed E-state index contributed by atoms with van der Waals surface area (Å²) in [6.07, 6.45) is -3.21. The lowest BCUT2D eigenvalue weighted by Crippen LogP contribution is -2.34. The molecule has 0 aliphatic heterocycles. The Balaban J connectivity index is 5.01. The summed E-state index contributed by atoms with van der Waals surface area (Å²) < 4.78 is 68.1. The van der Waals surface area contributed by atoms with Crippen molar-refractivity contribution in [3.8, 4) is 0 Å². The van der Waals surface area contributed by atoms with Crippen LogP contribution in [-0.2, 0) is 0 Å². The van der Waals surface area contributed by atoms with Gasteiger partial charge in [0.15, 0.2) is 0 Å². The first-order valence-corrected chi connectivity index (χ1v) is 4.42. The van der Waals surface area contributed by atoms with E-state index in [1.54, 1.807) is 0 Å². The maximum atomic E-state index is 12.4. The Kier molecular flexibility index (Phi) is 4.13. The normalized spacial score (nSPS) is 13.0. The summed E-state index contributed by atoms with van der Waals surface area (Å²) in [4.78, 5) is 0. The van der Waals surface area contributed by atoms with E-state index < -0.39 is 19.5 Å². The molecule has 0 aliphatic carbocycles. The van der Waals surface area contributed by atoms with E-state index in [-0.39, 0.29) is 0 Å². The molecule has 0 rings (SSSR count). The van der Waals surface area contributed by atoms with Gasteiger partial charge in [0.25, 0.3) is 1.68 Å². The summed E-state index contributed by atoms with van der Waals surface area (Å²) in [5, 5.41) is 0. The van der Waals surface area contributed by atoms with Crippen LogP contribution in [0.3, 0.4) is 0 Å². The lowest BCUT2D eigenvalue weighted by molar-refractivity contribution is -0.0262. The predicted molar refractivity (Wildman–Crippen MR) is 47.2 cm³/mol. The van der Waals surface area contributed by atoms with Crippen LogP contribution < -0.4 is 0 Å². The van der Waals surface area contributed by atoms with Crippen molar-refractivity contribution in [2.75, 3.05) is 0 Å². The maximum absolute atomic E-state index is 12.4. The fourth-order valence-corrected chi connectivity index (χ4v) is 0.717. The first-order chi connectivity index (χ1) is 5.10. The van der Waals surface area contributed by atoms with Crippen LogP contribution in [0, 0.1) is 0 Å². The second-order valence-corrected chi connectivity index (χ2v) is 6.68. The van der Waals surface area contributed by atoms with Crippen molar-refractivity contribution in [2.24, 2.45) is 0 Å². The number of hydrogen-bond donors (Lipinski definition) is 0. The van der Waals surface area contributed by atoms with Crippen LogP contribution in [0.25, 0.3) is 0 Å². The third-order valence-corrected chi connectivity index (χ3v) is 2.15. The molecule has 0 unspecified atom stereocenters. The van der Waals surface area contributed by atoms with Crippen LogP contribution in [0.15, 0.2) is 11.9 Å². The first kappa shape index (κ1) is 12.8. The van der Waals surface area contributed by atoms with Crippen molar-refractivity contribution in [1.82, 2.24) is 0 Å². The Morgan fingerprint density at radius 2 is 1.25 bits per heavy atom. The van der Waals surface area contributed by atoms with Crippen molar-refractivity contribution in [1.29, 1.82) is 0 Å². The minimum absolute atomic E-state index is 0.530. The van der Waals surface area contributed by atoms with Crippen molar-refractivity contribution in [2.45, 2.75) is 7.60 Å². The molecule has 0 amide bonds. The van der Waals surface area contributed by atoms with Crippen molar-refractivity contribution in [3.63, 3.8) is 0 Å². The number of halogens is 8. The van der Waals surface area contributed by atoms with E-state index >= 15 is 0 Å². The van der Waals surface area contributed by atoms with Gasteiger partial charge < -0.3 is 0 Å². The molecule has 0 heterocycles. The van der Waals surface area contributed by atoms with Crippen molar-refractivity contribution in [3.05, 3.63) is 11.9 Å². The van der Waals surface area contributed by atoms with Gasteiger partial charge in [0, 0.05) is 0 Å². The van der Waals surface area contributed by atoms with Gasteiger partial charge in [0.1, 0.15) is 0 Å². The SMILES string of the molecule is FC(F)=C(F)C(F)(F)C(F)(I)I. The number of alkyl halides is 5. The second-order valence-electron chi connectivity index (χ2n) is 1.65. The lowest BCUT2D eigenvalue weighted by atomic mass is 10.3. The van der Waals surface area contributed by atoms with E-state index in [4.69, 9.17) is 0 Å². The van der Waals surface area contributed by atoms with Gasteiger partial charge in [-0.15, -0.1) is 0 Å². The molecule has 0 saturated carbocycles. The van der Waals surface area contributed by atoms with Gasteiger partial charge in [-0.2, -0.15) is 22.0 Å². The summed E-state index contributed by atoms with van der Waals surface area (Å²) in [6.45, 7) is 0. The predicted octanol–water partition coefficient (Wildman–Crippen LogP) is 4.19. The molecule has 0 aromatic heterocycles. The van der Waals surface area contributed by atoms with E-state index in [0.29, 0.717) is 45.2 Å². The van der Waals surface area contributed by atoms with Crippen LogP contribution in [0.4, 0.5) is 26.3 Å². The van der Waals surface area contributed by atoms with Gasteiger partial charge in [0.2, 0.25) is 5.83 Å². The molecule has 0 aromatic rings. The minimum atomic E-state index is -4.81. The average molecular weight is 416 g/mol. The zero-order valence-electron chi connectivity index (χ0n) is 5.02. The summed E-state index contributed by atoms with van der Waals surface area (Å²) in [5.41, 5.74) is 0. The Bertz CT molecular complexity index is 200. The lowest BCUT2D eigenvalue weighted by Gasteiger charge is -2.20. The quantitative estimate of drug-likeness (QED) is 0.360. The molecular weight excluding hydrogens is 416 g/mol. The highest BCUT2D eigenvalue weighted by Crippen LogP contribution is 2.49. The van der Waals surface area contributed by atoms with Gasteiger partial charge in [-0.1, -0.05) is 0 Å². The summed E-state index contributed by atoms with van der Waals surface area (Å²) in [6, 6.07) is 0. The van der Waals surface area contributed by atoms with E-state index in [9.17, 15) is 26.3 Å². The molecule has 0 spiro atoms. The van der Waals surface area contributed by atoms with Crippen LogP contribution in [0.2, 0.25) is 0 Å². The highest BCUT2D eigenvalue weighted by Gasteiger charge is 2.57. The third-order valence-electron chi connectivity index (χ3n) is 0.798. The number of rotatable bonds is 2. The standard InChI is InChI=1S/C4F6I2/c5-1(2(6)7)3(8,9)4(10,11)12. The molecule has 0 atom stereocenters. The average Bonchev–Trinajstić information content (AvgIpc) is 1.83. The molecule has 8 heteroatoms. The monoisotopic (exact) mass is 416 g/mol. The molecule has 0 aromatic carbocycles. The molecular formula is C4F6I2. The third kappa shape index (κ3) is 2.64. The van der Waals surface area contributed by atoms with E-state index in [2.05, 4.69) is 0 Å². The van der Waals surface area contributed by atoms with E-state index in [1.807, 2.05) is 0 Å². The van der Waals surface area contributed by atoms with Gasteiger partial charge in [-0.3, -0.25) is 0 Å². The molecule has 0 radical (unpaired) electrons. The van der Waals surface area contributed by atoms with Gasteiger partial charge in [-0.05, 0) is 45.2 Å². The van der Waals surface area contributed by atoms with E-state index in [1.165, 1.54) is 0 Å². The molecule has 0 saturated heterocycles. The molecule has 12 heavy (non-hydrogen) atoms. The fraction of sp³-hybridized carbons (Fsp3) is 0.500. The maximum Gasteiger partial charge on any atom is 0.355 e.